The molecule has 1 aromatic carbocycles. The van der Waals surface area contributed by atoms with Crippen LogP contribution in [0.5, 0.6) is 0 Å². The Balaban J connectivity index is 2.77. The second-order valence-electron chi connectivity index (χ2n) is 4.49. The van der Waals surface area contributed by atoms with Crippen molar-refractivity contribution in [1.82, 2.24) is 5.32 Å². The van der Waals surface area contributed by atoms with Crippen LogP contribution in [0.4, 0.5) is 5.69 Å². The summed E-state index contributed by atoms with van der Waals surface area (Å²) in [5.41, 5.74) is 1.53. The molecule has 5 heteroatoms. The molecule has 0 aliphatic rings. The summed E-state index contributed by atoms with van der Waals surface area (Å²) in [4.78, 5) is 25.0. The summed E-state index contributed by atoms with van der Waals surface area (Å²) in [5.74, 6) is -1.37. The predicted octanol–water partition coefficient (Wildman–Crippen LogP) is 2.13. The molecule has 1 rings (SSSR count). The van der Waals surface area contributed by atoms with Crippen LogP contribution in [-0.4, -0.2) is 36.1 Å². The van der Waals surface area contributed by atoms with Gasteiger partial charge < -0.3 is 15.3 Å². The number of carbonyl (C=O) groups is 2. The van der Waals surface area contributed by atoms with Gasteiger partial charge in [-0.3, -0.25) is 4.79 Å². The number of benzene rings is 1. The van der Waals surface area contributed by atoms with E-state index in [4.69, 9.17) is 5.11 Å². The number of aliphatic carboxylic acids is 1. The molecule has 2 N–H and O–H groups in total. The zero-order chi connectivity index (χ0) is 15.1. The van der Waals surface area contributed by atoms with Crippen LogP contribution in [0.1, 0.15) is 37.6 Å². The highest BCUT2D eigenvalue weighted by molar-refractivity contribution is 5.96. The Morgan fingerprint density at radius 3 is 2.10 bits per heavy atom. The largest absolute Gasteiger partial charge is 0.480 e. The molecule has 1 aromatic rings. The highest BCUT2D eigenvalue weighted by atomic mass is 16.4. The van der Waals surface area contributed by atoms with E-state index in [0.717, 1.165) is 18.8 Å². The quantitative estimate of drug-likeness (QED) is 0.801. The fourth-order valence-electron chi connectivity index (χ4n) is 1.99. The molecule has 0 unspecified atom stereocenters. The molecular formula is C15H22N2O3. The third-order valence-electron chi connectivity index (χ3n) is 3.27. The Morgan fingerprint density at radius 1 is 1.15 bits per heavy atom. The van der Waals surface area contributed by atoms with Gasteiger partial charge in [0, 0.05) is 24.3 Å². The van der Waals surface area contributed by atoms with Crippen LogP contribution in [0.3, 0.4) is 0 Å². The lowest BCUT2D eigenvalue weighted by molar-refractivity contribution is -0.139. The molecular weight excluding hydrogens is 256 g/mol. The number of amides is 1. The Morgan fingerprint density at radius 2 is 1.70 bits per heavy atom. The summed E-state index contributed by atoms with van der Waals surface area (Å²) in [6.07, 6.45) is 0.360. The molecule has 0 aromatic heterocycles. The van der Waals surface area contributed by atoms with Crippen LogP contribution in [0.2, 0.25) is 0 Å². The summed E-state index contributed by atoms with van der Waals surface area (Å²) in [6, 6.07) is 6.35. The summed E-state index contributed by atoms with van der Waals surface area (Å²) >= 11 is 0. The van der Waals surface area contributed by atoms with E-state index in [2.05, 4.69) is 24.1 Å². The summed E-state index contributed by atoms with van der Waals surface area (Å²) in [6.45, 7) is 7.67. The lowest BCUT2D eigenvalue weighted by Crippen LogP contribution is -2.40. The number of nitrogens with one attached hydrogen (secondary N) is 1. The van der Waals surface area contributed by atoms with Crippen molar-refractivity contribution in [2.24, 2.45) is 0 Å². The number of nitrogens with zero attached hydrogens (tertiary/aromatic N) is 1. The number of carboxylic acid groups (broad SMARTS) is 1. The topological polar surface area (TPSA) is 69.6 Å². The van der Waals surface area contributed by atoms with Crippen LogP contribution in [0.25, 0.3) is 0 Å². The van der Waals surface area contributed by atoms with Crippen molar-refractivity contribution in [3.05, 3.63) is 29.8 Å². The molecule has 0 saturated heterocycles. The van der Waals surface area contributed by atoms with Crippen molar-refractivity contribution in [1.29, 1.82) is 0 Å². The van der Waals surface area contributed by atoms with E-state index in [1.807, 2.05) is 12.1 Å². The fraction of sp³-hybridized carbons (Fsp3) is 0.467. The molecule has 110 valence electrons. The average Bonchev–Trinajstić information content (AvgIpc) is 2.46. The predicted molar refractivity (Wildman–Crippen MR) is 79.2 cm³/mol. The average molecular weight is 278 g/mol. The number of anilines is 1. The van der Waals surface area contributed by atoms with Crippen molar-refractivity contribution in [3.8, 4) is 0 Å². The summed E-state index contributed by atoms with van der Waals surface area (Å²) < 4.78 is 0. The third kappa shape index (κ3) is 3.98. The van der Waals surface area contributed by atoms with E-state index >= 15 is 0 Å². The first kappa shape index (κ1) is 16.0. The van der Waals surface area contributed by atoms with Crippen LogP contribution in [0, 0.1) is 0 Å². The van der Waals surface area contributed by atoms with E-state index < -0.39 is 12.0 Å². The SMILES string of the molecule is CC[C@@H](NC(=O)c1ccc(N(CC)CC)cc1)C(=O)O. The first-order chi connectivity index (χ1) is 9.53. The van der Waals surface area contributed by atoms with Crippen molar-refractivity contribution in [2.75, 3.05) is 18.0 Å². The van der Waals surface area contributed by atoms with Gasteiger partial charge in [-0.2, -0.15) is 0 Å². The zero-order valence-electron chi connectivity index (χ0n) is 12.2. The van der Waals surface area contributed by atoms with Crippen LogP contribution >= 0.6 is 0 Å². The second kappa shape index (κ2) is 7.53. The highest BCUT2D eigenvalue weighted by Gasteiger charge is 2.18. The first-order valence-corrected chi connectivity index (χ1v) is 6.92. The molecule has 0 saturated carbocycles. The number of rotatable bonds is 7. The van der Waals surface area contributed by atoms with Gasteiger partial charge in [0.2, 0.25) is 0 Å². The Kier molecular flexibility index (Phi) is 6.03. The van der Waals surface area contributed by atoms with Crippen molar-refractivity contribution >= 4 is 17.6 Å². The smallest absolute Gasteiger partial charge is 0.326 e. The molecule has 0 fully saturated rings. The van der Waals surface area contributed by atoms with Gasteiger partial charge in [-0.05, 0) is 44.5 Å². The first-order valence-electron chi connectivity index (χ1n) is 6.92. The third-order valence-corrected chi connectivity index (χ3v) is 3.27. The standard InChI is InChI=1S/C15H22N2O3/c1-4-13(15(19)20)16-14(18)11-7-9-12(10-8-11)17(5-2)6-3/h7-10,13H,4-6H2,1-3H3,(H,16,18)(H,19,20)/t13-/m1/s1. The van der Waals surface area contributed by atoms with Crippen molar-refractivity contribution in [3.63, 3.8) is 0 Å². The molecule has 0 bridgehead atoms. The Bertz CT molecular complexity index is 453. The molecule has 5 nitrogen and oxygen atoms in total. The fourth-order valence-corrected chi connectivity index (χ4v) is 1.99. The maximum absolute atomic E-state index is 12.0. The summed E-state index contributed by atoms with van der Waals surface area (Å²) in [5, 5.41) is 11.4. The molecule has 20 heavy (non-hydrogen) atoms. The van der Waals surface area contributed by atoms with Gasteiger partial charge in [-0.15, -0.1) is 0 Å². The minimum atomic E-state index is -1.01. The molecule has 0 spiro atoms. The molecule has 0 radical (unpaired) electrons. The summed E-state index contributed by atoms with van der Waals surface area (Å²) in [7, 11) is 0. The molecule has 0 aliphatic carbocycles. The van der Waals surface area contributed by atoms with Gasteiger partial charge in [0.25, 0.3) is 5.91 Å². The van der Waals surface area contributed by atoms with Crippen LogP contribution in [0.15, 0.2) is 24.3 Å². The van der Waals surface area contributed by atoms with E-state index in [1.165, 1.54) is 0 Å². The number of hydrogen-bond acceptors (Lipinski definition) is 3. The lowest BCUT2D eigenvalue weighted by Gasteiger charge is -2.21. The van der Waals surface area contributed by atoms with E-state index in [9.17, 15) is 9.59 Å². The molecule has 0 aliphatic heterocycles. The minimum Gasteiger partial charge on any atom is -0.480 e. The normalized spacial score (nSPS) is 11.8. The Labute approximate surface area is 119 Å². The van der Waals surface area contributed by atoms with Gasteiger partial charge in [-0.25, -0.2) is 4.79 Å². The molecule has 1 amide bonds. The lowest BCUT2D eigenvalue weighted by atomic mass is 10.1. The number of hydrogen-bond donors (Lipinski definition) is 2. The van der Waals surface area contributed by atoms with E-state index in [0.29, 0.717) is 12.0 Å². The van der Waals surface area contributed by atoms with Gasteiger partial charge >= 0.3 is 5.97 Å². The van der Waals surface area contributed by atoms with Crippen LogP contribution < -0.4 is 10.2 Å². The number of carboxylic acids is 1. The molecule has 1 atom stereocenters. The van der Waals surface area contributed by atoms with Crippen molar-refractivity contribution in [2.45, 2.75) is 33.2 Å². The van der Waals surface area contributed by atoms with E-state index in [1.54, 1.807) is 19.1 Å². The monoisotopic (exact) mass is 278 g/mol. The van der Waals surface area contributed by atoms with Crippen LogP contribution in [-0.2, 0) is 4.79 Å². The number of carbonyl (C=O) groups excluding carboxylic acids is 1. The maximum Gasteiger partial charge on any atom is 0.326 e. The maximum atomic E-state index is 12.0. The molecule has 0 heterocycles. The van der Waals surface area contributed by atoms with Gasteiger partial charge in [-0.1, -0.05) is 6.92 Å². The van der Waals surface area contributed by atoms with Gasteiger partial charge in [0.15, 0.2) is 0 Å². The van der Waals surface area contributed by atoms with E-state index in [-0.39, 0.29) is 5.91 Å². The Hall–Kier alpha value is -2.04. The second-order valence-corrected chi connectivity index (χ2v) is 4.49. The highest BCUT2D eigenvalue weighted by Crippen LogP contribution is 2.15. The minimum absolute atomic E-state index is 0.356. The van der Waals surface area contributed by atoms with Crippen molar-refractivity contribution < 1.29 is 14.7 Å². The zero-order valence-corrected chi connectivity index (χ0v) is 12.2. The van der Waals surface area contributed by atoms with Gasteiger partial charge in [0.05, 0.1) is 0 Å². The van der Waals surface area contributed by atoms with Gasteiger partial charge in [0.1, 0.15) is 6.04 Å².